The molecule has 1 fully saturated rings. The first-order valence-electron chi connectivity index (χ1n) is 10.0. The predicted octanol–water partition coefficient (Wildman–Crippen LogP) is 2.17. The van der Waals surface area contributed by atoms with E-state index in [-0.39, 0.29) is 18.4 Å². The maximum Gasteiger partial charge on any atom is 0.411 e. The summed E-state index contributed by atoms with van der Waals surface area (Å²) < 4.78 is 10.6. The number of aryl methyl sites for hydroxylation is 1. The van der Waals surface area contributed by atoms with Gasteiger partial charge in [0.2, 0.25) is 5.91 Å². The predicted molar refractivity (Wildman–Crippen MR) is 109 cm³/mol. The minimum absolute atomic E-state index is 0.0435. The van der Waals surface area contributed by atoms with Gasteiger partial charge in [0, 0.05) is 31.7 Å². The van der Waals surface area contributed by atoms with Crippen LogP contribution in [-0.2, 0) is 20.7 Å². The summed E-state index contributed by atoms with van der Waals surface area (Å²) in [5.41, 5.74) is 1.78. The molecule has 1 heterocycles. The Bertz CT molecular complexity index is 698. The van der Waals surface area contributed by atoms with E-state index in [0.29, 0.717) is 25.3 Å². The van der Waals surface area contributed by atoms with Crippen molar-refractivity contribution in [1.29, 1.82) is 5.26 Å². The second-order valence-corrected chi connectivity index (χ2v) is 7.20. The van der Waals surface area contributed by atoms with Crippen LogP contribution in [0.1, 0.15) is 25.3 Å². The van der Waals surface area contributed by atoms with Crippen LogP contribution in [0.4, 0.5) is 10.5 Å². The molecular formula is C21H30N4O4. The van der Waals surface area contributed by atoms with Gasteiger partial charge in [0.25, 0.3) is 0 Å². The van der Waals surface area contributed by atoms with Crippen molar-refractivity contribution in [2.45, 2.75) is 26.2 Å². The average Bonchev–Trinajstić information content (AvgIpc) is 2.72. The molecule has 8 nitrogen and oxygen atoms in total. The van der Waals surface area contributed by atoms with Crippen molar-refractivity contribution in [2.75, 3.05) is 51.3 Å². The Balaban J connectivity index is 1.69. The van der Waals surface area contributed by atoms with Gasteiger partial charge in [-0.15, -0.1) is 0 Å². The van der Waals surface area contributed by atoms with Crippen molar-refractivity contribution in [3.8, 4) is 6.07 Å². The number of hydrogen-bond donors (Lipinski definition) is 2. The zero-order chi connectivity index (χ0) is 20.9. The van der Waals surface area contributed by atoms with E-state index in [0.717, 1.165) is 44.7 Å². The number of hydrogen-bond acceptors (Lipinski definition) is 6. The first-order chi connectivity index (χ1) is 14.1. The van der Waals surface area contributed by atoms with Crippen molar-refractivity contribution in [1.82, 2.24) is 10.2 Å². The lowest BCUT2D eigenvalue weighted by Gasteiger charge is -2.26. The van der Waals surface area contributed by atoms with Crippen LogP contribution in [0.15, 0.2) is 24.3 Å². The third-order valence-corrected chi connectivity index (χ3v) is 4.74. The number of carbonyl (C=O) groups excluding carboxylic acids is 2. The van der Waals surface area contributed by atoms with E-state index in [9.17, 15) is 9.59 Å². The second kappa shape index (κ2) is 12.8. The van der Waals surface area contributed by atoms with Crippen molar-refractivity contribution < 1.29 is 19.1 Å². The van der Waals surface area contributed by atoms with Crippen molar-refractivity contribution in [3.63, 3.8) is 0 Å². The van der Waals surface area contributed by atoms with Crippen LogP contribution in [0.25, 0.3) is 0 Å². The fraction of sp³-hybridized carbons (Fsp3) is 0.571. The summed E-state index contributed by atoms with van der Waals surface area (Å²) >= 11 is 0. The van der Waals surface area contributed by atoms with Crippen LogP contribution in [-0.4, -0.2) is 62.9 Å². The molecule has 0 aromatic heterocycles. The summed E-state index contributed by atoms with van der Waals surface area (Å²) in [5, 5.41) is 13.8. The molecule has 2 N–H and O–H groups in total. The van der Waals surface area contributed by atoms with Gasteiger partial charge >= 0.3 is 6.09 Å². The number of rotatable bonds is 10. The molecule has 1 aliphatic rings. The number of amides is 2. The summed E-state index contributed by atoms with van der Waals surface area (Å²) in [7, 11) is 0. The highest BCUT2D eigenvalue weighted by Gasteiger charge is 2.12. The maximum absolute atomic E-state index is 12.0. The Morgan fingerprint density at radius 3 is 2.90 bits per heavy atom. The normalized spacial score (nSPS) is 15.2. The first-order valence-corrected chi connectivity index (χ1v) is 10.0. The minimum atomic E-state index is -0.460. The smallest absolute Gasteiger partial charge is 0.411 e. The molecule has 1 atom stereocenters. The largest absolute Gasteiger partial charge is 0.448 e. The molecule has 0 aliphatic carbocycles. The van der Waals surface area contributed by atoms with Gasteiger partial charge in [0.05, 0.1) is 19.3 Å². The van der Waals surface area contributed by atoms with Crippen LogP contribution in [0.3, 0.4) is 0 Å². The van der Waals surface area contributed by atoms with E-state index in [1.807, 2.05) is 37.3 Å². The number of nitriles is 1. The Morgan fingerprint density at radius 1 is 1.34 bits per heavy atom. The van der Waals surface area contributed by atoms with Crippen molar-refractivity contribution in [2.24, 2.45) is 5.92 Å². The third kappa shape index (κ3) is 9.41. The van der Waals surface area contributed by atoms with Gasteiger partial charge in [-0.1, -0.05) is 19.1 Å². The standard InChI is InChI=1S/C21H30N4O4/c1-17(15-20(26)23-8-7-22)5-6-18-3-2-4-19(16-18)24-21(27)29-14-11-25-9-12-28-13-10-25/h2-4,16-17H,5-6,8-15H2,1H3,(H,23,26)(H,24,27). The molecule has 0 saturated carbocycles. The highest BCUT2D eigenvalue weighted by molar-refractivity contribution is 5.84. The van der Waals surface area contributed by atoms with E-state index >= 15 is 0 Å². The molecule has 29 heavy (non-hydrogen) atoms. The first kappa shape index (κ1) is 22.7. The Kier molecular flexibility index (Phi) is 9.96. The zero-order valence-corrected chi connectivity index (χ0v) is 17.0. The Hall–Kier alpha value is -2.63. The molecule has 2 rings (SSSR count). The Morgan fingerprint density at radius 2 is 2.14 bits per heavy atom. The van der Waals surface area contributed by atoms with E-state index in [1.165, 1.54) is 0 Å². The van der Waals surface area contributed by atoms with Crippen LogP contribution in [0.5, 0.6) is 0 Å². The molecule has 1 aliphatic heterocycles. The quantitative estimate of drug-likeness (QED) is 0.581. The van der Waals surface area contributed by atoms with E-state index < -0.39 is 6.09 Å². The zero-order valence-electron chi connectivity index (χ0n) is 17.0. The molecule has 1 saturated heterocycles. The summed E-state index contributed by atoms with van der Waals surface area (Å²) in [6.45, 7) is 6.29. The number of anilines is 1. The molecule has 2 amide bonds. The highest BCUT2D eigenvalue weighted by atomic mass is 16.5. The average molecular weight is 402 g/mol. The summed E-state index contributed by atoms with van der Waals surface area (Å²) in [6, 6.07) is 9.53. The highest BCUT2D eigenvalue weighted by Crippen LogP contribution is 2.16. The summed E-state index contributed by atoms with van der Waals surface area (Å²) in [6.07, 6.45) is 1.58. The second-order valence-electron chi connectivity index (χ2n) is 7.20. The van der Waals surface area contributed by atoms with Crippen LogP contribution in [0, 0.1) is 17.2 Å². The molecule has 0 radical (unpaired) electrons. The van der Waals surface area contributed by atoms with Gasteiger partial charge in [0.15, 0.2) is 0 Å². The summed E-state index contributed by atoms with van der Waals surface area (Å²) in [5.74, 6) is 0.102. The fourth-order valence-electron chi connectivity index (χ4n) is 3.09. The number of benzene rings is 1. The maximum atomic E-state index is 12.0. The summed E-state index contributed by atoms with van der Waals surface area (Å²) in [4.78, 5) is 25.9. The fourth-order valence-corrected chi connectivity index (χ4v) is 3.09. The SMILES string of the molecule is CC(CCc1cccc(NC(=O)OCCN2CCOCC2)c1)CC(=O)NCC#N. The lowest BCUT2D eigenvalue weighted by Crippen LogP contribution is -2.38. The Labute approximate surface area is 172 Å². The number of ether oxygens (including phenoxy) is 2. The van der Waals surface area contributed by atoms with Crippen LogP contribution >= 0.6 is 0 Å². The molecule has 1 unspecified atom stereocenters. The van der Waals surface area contributed by atoms with Gasteiger partial charge < -0.3 is 14.8 Å². The molecule has 1 aromatic carbocycles. The minimum Gasteiger partial charge on any atom is -0.448 e. The molecule has 0 bridgehead atoms. The van der Waals surface area contributed by atoms with Gasteiger partial charge in [-0.2, -0.15) is 5.26 Å². The topological polar surface area (TPSA) is 104 Å². The van der Waals surface area contributed by atoms with E-state index in [4.69, 9.17) is 14.7 Å². The lowest BCUT2D eigenvalue weighted by atomic mass is 9.97. The number of nitrogens with one attached hydrogen (secondary N) is 2. The number of carbonyl (C=O) groups is 2. The lowest BCUT2D eigenvalue weighted by molar-refractivity contribution is -0.121. The monoisotopic (exact) mass is 402 g/mol. The van der Waals surface area contributed by atoms with Gasteiger partial charge in [0.1, 0.15) is 13.2 Å². The molecule has 1 aromatic rings. The molecule has 0 spiro atoms. The van der Waals surface area contributed by atoms with Crippen molar-refractivity contribution in [3.05, 3.63) is 29.8 Å². The third-order valence-electron chi connectivity index (χ3n) is 4.74. The molecule has 8 heteroatoms. The van der Waals surface area contributed by atoms with Gasteiger partial charge in [-0.3, -0.25) is 15.0 Å². The number of nitrogens with zero attached hydrogens (tertiary/aromatic N) is 2. The van der Waals surface area contributed by atoms with E-state index in [1.54, 1.807) is 0 Å². The van der Waals surface area contributed by atoms with Gasteiger partial charge in [-0.05, 0) is 36.5 Å². The van der Waals surface area contributed by atoms with Crippen LogP contribution < -0.4 is 10.6 Å². The van der Waals surface area contributed by atoms with Crippen molar-refractivity contribution >= 4 is 17.7 Å². The van der Waals surface area contributed by atoms with Gasteiger partial charge in [-0.25, -0.2) is 4.79 Å². The van der Waals surface area contributed by atoms with E-state index in [2.05, 4.69) is 15.5 Å². The van der Waals surface area contributed by atoms with Crippen LogP contribution in [0.2, 0.25) is 0 Å². The molecular weight excluding hydrogens is 372 g/mol. The number of morpholine rings is 1. The molecule has 158 valence electrons.